The third-order valence-electron chi connectivity index (χ3n) is 4.20. The second-order valence-corrected chi connectivity index (χ2v) is 5.62. The van der Waals surface area contributed by atoms with Gasteiger partial charge in [0.25, 0.3) is 0 Å². The van der Waals surface area contributed by atoms with Crippen molar-refractivity contribution in [3.8, 4) is 0 Å². The molecule has 1 saturated carbocycles. The van der Waals surface area contributed by atoms with Gasteiger partial charge in [-0.05, 0) is 52.1 Å². The number of likely N-dealkylation sites (tertiary alicyclic amines) is 1. The molecule has 1 unspecified atom stereocenters. The van der Waals surface area contributed by atoms with Gasteiger partial charge in [-0.2, -0.15) is 0 Å². The lowest BCUT2D eigenvalue weighted by atomic mass is 9.78. The molecule has 3 heteroatoms. The van der Waals surface area contributed by atoms with E-state index in [2.05, 4.69) is 11.9 Å². The van der Waals surface area contributed by atoms with Crippen molar-refractivity contribution >= 4 is 5.78 Å². The van der Waals surface area contributed by atoms with Crippen LogP contribution in [0.5, 0.6) is 0 Å². The fraction of sp³-hybridized carbons (Fsp3) is 0.923. The van der Waals surface area contributed by atoms with Crippen LogP contribution in [0.4, 0.5) is 0 Å². The van der Waals surface area contributed by atoms with Crippen LogP contribution in [0.25, 0.3) is 0 Å². The van der Waals surface area contributed by atoms with E-state index in [9.17, 15) is 4.79 Å². The van der Waals surface area contributed by atoms with E-state index < -0.39 is 0 Å². The summed E-state index contributed by atoms with van der Waals surface area (Å²) in [6.07, 6.45) is 6.42. The molecular weight excluding hydrogens is 200 g/mol. The fourth-order valence-electron chi connectivity index (χ4n) is 3.14. The Bertz CT molecular complexity index is 246. The summed E-state index contributed by atoms with van der Waals surface area (Å²) in [7, 11) is 2.12. The van der Waals surface area contributed by atoms with E-state index in [-0.39, 0.29) is 0 Å². The van der Waals surface area contributed by atoms with E-state index in [4.69, 9.17) is 5.73 Å². The van der Waals surface area contributed by atoms with Gasteiger partial charge >= 0.3 is 0 Å². The Morgan fingerprint density at radius 2 is 1.81 bits per heavy atom. The van der Waals surface area contributed by atoms with Crippen LogP contribution < -0.4 is 5.73 Å². The lowest BCUT2D eigenvalue weighted by Crippen LogP contribution is -2.40. The zero-order valence-electron chi connectivity index (χ0n) is 10.3. The van der Waals surface area contributed by atoms with Gasteiger partial charge in [0.1, 0.15) is 5.78 Å². The summed E-state index contributed by atoms with van der Waals surface area (Å²) in [5.41, 5.74) is 5.88. The first kappa shape index (κ1) is 12.1. The van der Waals surface area contributed by atoms with Gasteiger partial charge in [0.05, 0.1) is 0 Å². The molecule has 0 aromatic heterocycles. The van der Waals surface area contributed by atoms with E-state index in [0.717, 1.165) is 45.2 Å². The largest absolute Gasteiger partial charge is 0.328 e. The first-order valence-corrected chi connectivity index (χ1v) is 6.64. The molecule has 2 fully saturated rings. The molecular formula is C13H24N2O. The molecule has 1 atom stereocenters. The Kier molecular flexibility index (Phi) is 3.98. The molecule has 1 aliphatic carbocycles. The van der Waals surface area contributed by atoms with Gasteiger partial charge in [-0.1, -0.05) is 0 Å². The minimum absolute atomic E-state index is 0.304. The third-order valence-corrected chi connectivity index (χ3v) is 4.20. The maximum atomic E-state index is 12.3. The number of rotatable bonds is 2. The molecule has 16 heavy (non-hydrogen) atoms. The minimum Gasteiger partial charge on any atom is -0.328 e. The van der Waals surface area contributed by atoms with E-state index >= 15 is 0 Å². The predicted molar refractivity (Wildman–Crippen MR) is 65.2 cm³/mol. The van der Waals surface area contributed by atoms with Crippen LogP contribution >= 0.6 is 0 Å². The van der Waals surface area contributed by atoms with Gasteiger partial charge in [0, 0.05) is 24.4 Å². The first-order valence-electron chi connectivity index (χ1n) is 6.64. The van der Waals surface area contributed by atoms with Crippen molar-refractivity contribution < 1.29 is 4.79 Å². The standard InChI is InChI=1S/C13H24N2O/c1-15-8-2-3-11(9-15)13(16)10-4-6-12(14)7-5-10/h10-12H,2-9,14H2,1H3. The second-order valence-electron chi connectivity index (χ2n) is 5.62. The molecule has 0 spiro atoms. The van der Waals surface area contributed by atoms with Gasteiger partial charge in [0.2, 0.25) is 0 Å². The maximum Gasteiger partial charge on any atom is 0.140 e. The van der Waals surface area contributed by atoms with Crippen molar-refractivity contribution in [2.45, 2.75) is 44.6 Å². The highest BCUT2D eigenvalue weighted by molar-refractivity contribution is 5.83. The molecule has 1 heterocycles. The van der Waals surface area contributed by atoms with E-state index in [1.165, 1.54) is 6.42 Å². The summed E-state index contributed by atoms with van der Waals surface area (Å²) in [6.45, 7) is 2.13. The van der Waals surface area contributed by atoms with Crippen molar-refractivity contribution in [1.29, 1.82) is 0 Å². The quantitative estimate of drug-likeness (QED) is 0.771. The predicted octanol–water partition coefficient (Wildman–Crippen LogP) is 1.41. The average Bonchev–Trinajstić information content (AvgIpc) is 2.29. The Balaban J connectivity index is 1.86. The molecule has 2 rings (SSSR count). The van der Waals surface area contributed by atoms with E-state index in [1.807, 2.05) is 0 Å². The highest BCUT2D eigenvalue weighted by Gasteiger charge is 2.31. The van der Waals surface area contributed by atoms with Crippen LogP contribution in [0.2, 0.25) is 0 Å². The molecule has 1 saturated heterocycles. The third kappa shape index (κ3) is 2.83. The number of nitrogens with zero attached hydrogens (tertiary/aromatic N) is 1. The van der Waals surface area contributed by atoms with Crippen molar-refractivity contribution in [3.05, 3.63) is 0 Å². The average molecular weight is 224 g/mol. The summed E-state index contributed by atoms with van der Waals surface area (Å²) in [6, 6.07) is 0.345. The molecule has 0 aromatic rings. The molecule has 92 valence electrons. The fourth-order valence-corrected chi connectivity index (χ4v) is 3.14. The van der Waals surface area contributed by atoms with Crippen LogP contribution in [0, 0.1) is 11.8 Å². The Labute approximate surface area is 98.4 Å². The summed E-state index contributed by atoms with van der Waals surface area (Å²) < 4.78 is 0. The monoisotopic (exact) mass is 224 g/mol. The maximum absolute atomic E-state index is 12.3. The lowest BCUT2D eigenvalue weighted by molar-refractivity contribution is -0.129. The summed E-state index contributed by atoms with van der Waals surface area (Å²) in [5, 5.41) is 0. The Morgan fingerprint density at radius 1 is 1.12 bits per heavy atom. The number of hydrogen-bond donors (Lipinski definition) is 1. The Hall–Kier alpha value is -0.410. The molecule has 0 bridgehead atoms. The number of nitrogens with two attached hydrogens (primary N) is 1. The van der Waals surface area contributed by atoms with Crippen LogP contribution in [-0.2, 0) is 4.79 Å². The Morgan fingerprint density at radius 3 is 2.44 bits per heavy atom. The normalized spacial score (nSPS) is 37.2. The van der Waals surface area contributed by atoms with Gasteiger partial charge < -0.3 is 10.6 Å². The SMILES string of the molecule is CN1CCCC(C(=O)C2CCC(N)CC2)C1. The summed E-state index contributed by atoms with van der Waals surface area (Å²) >= 11 is 0. The van der Waals surface area contributed by atoms with E-state index in [1.54, 1.807) is 0 Å². The number of hydrogen-bond acceptors (Lipinski definition) is 3. The molecule has 3 nitrogen and oxygen atoms in total. The lowest BCUT2D eigenvalue weighted by Gasteiger charge is -2.33. The topological polar surface area (TPSA) is 46.3 Å². The number of piperidine rings is 1. The molecule has 1 aliphatic heterocycles. The molecule has 2 N–H and O–H groups in total. The van der Waals surface area contributed by atoms with Crippen molar-refractivity contribution in [2.24, 2.45) is 17.6 Å². The number of ketones is 1. The van der Waals surface area contributed by atoms with Crippen LogP contribution in [0.15, 0.2) is 0 Å². The van der Waals surface area contributed by atoms with Crippen LogP contribution in [0.3, 0.4) is 0 Å². The van der Waals surface area contributed by atoms with Crippen LogP contribution in [0.1, 0.15) is 38.5 Å². The van der Waals surface area contributed by atoms with Gasteiger partial charge in [0.15, 0.2) is 0 Å². The van der Waals surface area contributed by atoms with Crippen molar-refractivity contribution in [2.75, 3.05) is 20.1 Å². The highest BCUT2D eigenvalue weighted by Crippen LogP contribution is 2.29. The number of carbonyl (C=O) groups is 1. The smallest absolute Gasteiger partial charge is 0.140 e. The van der Waals surface area contributed by atoms with Gasteiger partial charge in [-0.25, -0.2) is 0 Å². The van der Waals surface area contributed by atoms with E-state index in [0.29, 0.717) is 23.7 Å². The van der Waals surface area contributed by atoms with Crippen LogP contribution in [-0.4, -0.2) is 36.9 Å². The van der Waals surface area contributed by atoms with Crippen molar-refractivity contribution in [1.82, 2.24) is 4.90 Å². The molecule has 0 radical (unpaired) electrons. The van der Waals surface area contributed by atoms with Gasteiger partial charge in [-0.3, -0.25) is 4.79 Å². The minimum atomic E-state index is 0.304. The zero-order chi connectivity index (χ0) is 11.5. The summed E-state index contributed by atoms with van der Waals surface area (Å²) in [4.78, 5) is 14.6. The van der Waals surface area contributed by atoms with Crippen molar-refractivity contribution in [3.63, 3.8) is 0 Å². The highest BCUT2D eigenvalue weighted by atomic mass is 16.1. The number of Topliss-reactive ketones (excluding diaryl/α,β-unsaturated/α-hetero) is 1. The molecule has 0 aromatic carbocycles. The molecule has 0 amide bonds. The van der Waals surface area contributed by atoms with Gasteiger partial charge in [-0.15, -0.1) is 0 Å². The number of carbonyl (C=O) groups excluding carboxylic acids is 1. The summed E-state index contributed by atoms with van der Waals surface area (Å²) in [5.74, 6) is 1.15. The zero-order valence-corrected chi connectivity index (χ0v) is 10.3. The first-order chi connectivity index (χ1) is 7.66. The molecule has 2 aliphatic rings. The second kappa shape index (κ2) is 5.28.